The zero-order valence-corrected chi connectivity index (χ0v) is 18.2. The van der Waals surface area contributed by atoms with Gasteiger partial charge in [0.2, 0.25) is 0 Å². The van der Waals surface area contributed by atoms with Crippen LogP contribution >= 0.6 is 15.9 Å². The van der Waals surface area contributed by atoms with E-state index in [0.29, 0.717) is 12.2 Å². The highest BCUT2D eigenvalue weighted by atomic mass is 79.9. The van der Waals surface area contributed by atoms with E-state index in [0.717, 1.165) is 15.6 Å². The fourth-order valence-electron chi connectivity index (χ4n) is 2.65. The molecule has 0 aliphatic rings. The molecule has 150 valence electrons. The van der Waals surface area contributed by atoms with Crippen LogP contribution in [0.3, 0.4) is 0 Å². The minimum absolute atomic E-state index is 0.0175. The molecule has 2 aromatic rings. The molecule has 0 aliphatic heterocycles. The minimum Gasteiger partial charge on any atom is -0.483 e. The Morgan fingerprint density at radius 3 is 2.36 bits per heavy atom. The number of methoxy groups -OCH3 is 1. The summed E-state index contributed by atoms with van der Waals surface area (Å²) in [4.78, 5) is 24.3. The van der Waals surface area contributed by atoms with Crippen LogP contribution in [-0.2, 0) is 26.2 Å². The summed E-state index contributed by atoms with van der Waals surface area (Å²) in [7, 11) is 1.30. The number of carbonyl (C=O) groups is 2. The van der Waals surface area contributed by atoms with Gasteiger partial charge in [0.1, 0.15) is 11.8 Å². The first kappa shape index (κ1) is 22.0. The molecule has 0 radical (unpaired) electrons. The van der Waals surface area contributed by atoms with Gasteiger partial charge in [-0.05, 0) is 44.6 Å². The number of nitrogens with one attached hydrogen (secondary N) is 1. The Bertz CT molecular complexity index is 815. The molecule has 1 atom stereocenters. The van der Waals surface area contributed by atoms with Crippen LogP contribution < -0.4 is 10.1 Å². The molecule has 1 N–H and O–H groups in total. The molecule has 0 bridgehead atoms. The van der Waals surface area contributed by atoms with Gasteiger partial charge >= 0.3 is 5.97 Å². The van der Waals surface area contributed by atoms with Crippen molar-refractivity contribution in [3.8, 4) is 5.75 Å². The van der Waals surface area contributed by atoms with Gasteiger partial charge in [-0.15, -0.1) is 0 Å². The van der Waals surface area contributed by atoms with Crippen molar-refractivity contribution in [1.82, 2.24) is 5.32 Å². The van der Waals surface area contributed by atoms with Gasteiger partial charge in [0.25, 0.3) is 5.91 Å². The number of benzene rings is 2. The summed E-state index contributed by atoms with van der Waals surface area (Å²) in [5.74, 6) is -0.313. The summed E-state index contributed by atoms with van der Waals surface area (Å²) in [6.45, 7) is 6.18. The van der Waals surface area contributed by atoms with E-state index in [4.69, 9.17) is 9.47 Å². The van der Waals surface area contributed by atoms with Crippen LogP contribution in [0.25, 0.3) is 0 Å². The Kier molecular flexibility index (Phi) is 7.63. The molecule has 0 fully saturated rings. The highest BCUT2D eigenvalue weighted by molar-refractivity contribution is 9.10. The third kappa shape index (κ3) is 6.37. The molecule has 1 unspecified atom stereocenters. The van der Waals surface area contributed by atoms with E-state index in [1.54, 1.807) is 0 Å². The van der Waals surface area contributed by atoms with E-state index in [2.05, 4.69) is 42.0 Å². The highest BCUT2D eigenvalue weighted by Gasteiger charge is 2.22. The van der Waals surface area contributed by atoms with Gasteiger partial charge in [0.05, 0.1) is 11.6 Å². The summed E-state index contributed by atoms with van der Waals surface area (Å²) in [5, 5.41) is 2.69. The van der Waals surface area contributed by atoms with Crippen molar-refractivity contribution in [2.75, 3.05) is 13.7 Å². The van der Waals surface area contributed by atoms with E-state index in [-0.39, 0.29) is 12.0 Å². The van der Waals surface area contributed by atoms with Gasteiger partial charge in [-0.3, -0.25) is 4.79 Å². The number of esters is 1. The summed E-state index contributed by atoms with van der Waals surface area (Å²) in [5.41, 5.74) is 2.10. The second-order valence-corrected chi connectivity index (χ2v) is 8.37. The molecule has 0 spiro atoms. The number of hydrogen-bond acceptors (Lipinski definition) is 4. The zero-order valence-electron chi connectivity index (χ0n) is 16.6. The minimum atomic E-state index is -0.768. The van der Waals surface area contributed by atoms with Crippen LogP contribution in [0, 0.1) is 0 Å². The number of carbonyl (C=O) groups excluding carboxylic acids is 2. The second kappa shape index (κ2) is 9.73. The maximum absolute atomic E-state index is 12.3. The summed E-state index contributed by atoms with van der Waals surface area (Å²) >= 11 is 3.49. The normalized spacial score (nSPS) is 12.2. The van der Waals surface area contributed by atoms with Gasteiger partial charge < -0.3 is 14.8 Å². The molecule has 2 aromatic carbocycles. The molecule has 0 heterocycles. The van der Waals surface area contributed by atoms with Gasteiger partial charge in [0, 0.05) is 6.42 Å². The van der Waals surface area contributed by atoms with Crippen molar-refractivity contribution >= 4 is 27.8 Å². The fourth-order valence-corrected chi connectivity index (χ4v) is 3.14. The monoisotopic (exact) mass is 447 g/mol. The molecule has 0 saturated carbocycles. The second-order valence-electron chi connectivity index (χ2n) is 7.52. The van der Waals surface area contributed by atoms with Crippen molar-refractivity contribution in [2.24, 2.45) is 0 Å². The van der Waals surface area contributed by atoms with Crippen LogP contribution in [0.15, 0.2) is 53.0 Å². The van der Waals surface area contributed by atoms with Crippen molar-refractivity contribution in [3.63, 3.8) is 0 Å². The summed E-state index contributed by atoms with van der Waals surface area (Å²) in [6.07, 6.45) is 0.350. The molecule has 0 saturated heterocycles. The topological polar surface area (TPSA) is 64.6 Å². The van der Waals surface area contributed by atoms with Crippen LogP contribution in [0.4, 0.5) is 0 Å². The lowest BCUT2D eigenvalue weighted by molar-refractivity contribution is -0.145. The third-order valence-corrected chi connectivity index (χ3v) is 4.88. The summed E-state index contributed by atoms with van der Waals surface area (Å²) in [6, 6.07) is 14.5. The van der Waals surface area contributed by atoms with Crippen LogP contribution in [0.5, 0.6) is 5.75 Å². The van der Waals surface area contributed by atoms with Crippen LogP contribution in [0.2, 0.25) is 0 Å². The van der Waals surface area contributed by atoms with Gasteiger partial charge in [-0.25, -0.2) is 4.79 Å². The number of amides is 1. The Labute approximate surface area is 174 Å². The van der Waals surface area contributed by atoms with E-state index >= 15 is 0 Å². The van der Waals surface area contributed by atoms with Gasteiger partial charge in [-0.1, -0.05) is 57.2 Å². The Morgan fingerprint density at radius 2 is 1.79 bits per heavy atom. The van der Waals surface area contributed by atoms with Crippen molar-refractivity contribution in [3.05, 3.63) is 64.1 Å². The van der Waals surface area contributed by atoms with Gasteiger partial charge in [-0.2, -0.15) is 0 Å². The predicted octanol–water partition coefficient (Wildman–Crippen LogP) is 4.03. The lowest BCUT2D eigenvalue weighted by Gasteiger charge is -2.20. The average Bonchev–Trinajstić information content (AvgIpc) is 2.66. The number of halogens is 1. The number of rotatable bonds is 7. The van der Waals surface area contributed by atoms with Gasteiger partial charge in [0.15, 0.2) is 6.61 Å². The van der Waals surface area contributed by atoms with E-state index in [1.807, 2.05) is 48.5 Å². The molecule has 0 aliphatic carbocycles. The summed E-state index contributed by atoms with van der Waals surface area (Å²) < 4.78 is 11.2. The predicted molar refractivity (Wildman–Crippen MR) is 112 cm³/mol. The largest absolute Gasteiger partial charge is 0.483 e. The molecule has 28 heavy (non-hydrogen) atoms. The molecule has 2 rings (SSSR count). The lowest BCUT2D eigenvalue weighted by Crippen LogP contribution is -2.44. The number of ether oxygens (including phenoxy) is 2. The first-order valence-electron chi connectivity index (χ1n) is 9.04. The maximum Gasteiger partial charge on any atom is 0.328 e. The smallest absolute Gasteiger partial charge is 0.328 e. The van der Waals surface area contributed by atoms with Crippen molar-refractivity contribution < 1.29 is 19.1 Å². The quantitative estimate of drug-likeness (QED) is 0.650. The van der Waals surface area contributed by atoms with Crippen molar-refractivity contribution in [2.45, 2.75) is 38.6 Å². The first-order valence-corrected chi connectivity index (χ1v) is 9.84. The molecule has 0 aromatic heterocycles. The van der Waals surface area contributed by atoms with Crippen LogP contribution in [-0.4, -0.2) is 31.6 Å². The first-order chi connectivity index (χ1) is 13.2. The fraction of sp³-hybridized carbons (Fsp3) is 0.364. The highest BCUT2D eigenvalue weighted by Crippen LogP contribution is 2.31. The molecule has 6 heteroatoms. The lowest BCUT2D eigenvalue weighted by atomic mass is 9.87. The van der Waals surface area contributed by atoms with Crippen LogP contribution in [0.1, 0.15) is 31.9 Å². The third-order valence-electron chi connectivity index (χ3n) is 4.26. The standard InChI is InChI=1S/C22H26BrNO4/c1-22(2,3)16-10-11-19(17(23)13-16)28-14-20(25)24-18(21(26)27-4)12-15-8-6-5-7-9-15/h5-11,13,18H,12,14H2,1-4H3,(H,24,25). The maximum atomic E-state index is 12.3. The molecular formula is C22H26BrNO4. The average molecular weight is 448 g/mol. The zero-order chi connectivity index (χ0) is 20.7. The van der Waals surface area contributed by atoms with E-state index in [1.165, 1.54) is 7.11 Å². The van der Waals surface area contributed by atoms with E-state index in [9.17, 15) is 9.59 Å². The van der Waals surface area contributed by atoms with Crippen molar-refractivity contribution in [1.29, 1.82) is 0 Å². The van der Waals surface area contributed by atoms with E-state index < -0.39 is 17.9 Å². The molecular weight excluding hydrogens is 422 g/mol. The Balaban J connectivity index is 1.98. The molecule has 5 nitrogen and oxygen atoms in total. The molecule has 1 amide bonds. The SMILES string of the molecule is COC(=O)C(Cc1ccccc1)NC(=O)COc1ccc(C(C)(C)C)cc1Br. The Morgan fingerprint density at radius 1 is 1.11 bits per heavy atom. The number of hydrogen-bond donors (Lipinski definition) is 1. The Hall–Kier alpha value is -2.34.